The highest BCUT2D eigenvalue weighted by molar-refractivity contribution is 6.30. The Balaban J connectivity index is 1.50. The minimum absolute atomic E-state index is 0.190. The molecule has 1 saturated heterocycles. The number of ether oxygens (including phenoxy) is 1. The van der Waals surface area contributed by atoms with E-state index in [0.29, 0.717) is 17.2 Å². The quantitative estimate of drug-likeness (QED) is 0.838. The Labute approximate surface area is 156 Å². The van der Waals surface area contributed by atoms with Crippen LogP contribution >= 0.6 is 11.6 Å². The molecule has 1 fully saturated rings. The number of amides is 3. The predicted molar refractivity (Wildman–Crippen MR) is 98.2 cm³/mol. The summed E-state index contributed by atoms with van der Waals surface area (Å²) < 4.78 is 5.63. The lowest BCUT2D eigenvalue weighted by Crippen LogP contribution is -2.46. The molecule has 6 heteroatoms. The third-order valence-corrected chi connectivity index (χ3v) is 5.27. The maximum Gasteiger partial charge on any atom is 0.325 e. The predicted octanol–water partition coefficient (Wildman–Crippen LogP) is 3.50. The van der Waals surface area contributed by atoms with Gasteiger partial charge in [0.25, 0.3) is 5.91 Å². The largest absolute Gasteiger partial charge is 0.492 e. The Morgan fingerprint density at radius 2 is 2.00 bits per heavy atom. The number of hydrogen-bond donors (Lipinski definition) is 1. The van der Waals surface area contributed by atoms with Gasteiger partial charge in [0.1, 0.15) is 17.9 Å². The lowest BCUT2D eigenvalue weighted by molar-refractivity contribution is -0.132. The molecule has 3 amide bonds. The molecule has 1 unspecified atom stereocenters. The minimum atomic E-state index is -0.929. The number of halogens is 1. The summed E-state index contributed by atoms with van der Waals surface area (Å²) in [6.45, 7) is 0.415. The van der Waals surface area contributed by atoms with Crippen molar-refractivity contribution < 1.29 is 14.3 Å². The van der Waals surface area contributed by atoms with Crippen molar-refractivity contribution in [3.8, 4) is 5.75 Å². The van der Waals surface area contributed by atoms with Gasteiger partial charge in [0.2, 0.25) is 0 Å². The Kier molecular flexibility index (Phi) is 4.32. The van der Waals surface area contributed by atoms with Gasteiger partial charge in [0.15, 0.2) is 0 Å². The summed E-state index contributed by atoms with van der Waals surface area (Å²) >= 11 is 5.93. The monoisotopic (exact) mass is 370 g/mol. The number of carbonyl (C=O) groups excluding carboxylic acids is 2. The molecular weight excluding hydrogens is 352 g/mol. The molecule has 0 bridgehead atoms. The van der Waals surface area contributed by atoms with Crippen LogP contribution in [0.5, 0.6) is 5.75 Å². The minimum Gasteiger partial charge on any atom is -0.492 e. The number of nitrogens with one attached hydrogen (secondary N) is 1. The van der Waals surface area contributed by atoms with Crippen LogP contribution < -0.4 is 10.1 Å². The van der Waals surface area contributed by atoms with E-state index in [0.717, 1.165) is 24.0 Å². The molecule has 2 aromatic rings. The van der Waals surface area contributed by atoms with Crippen LogP contribution in [0.4, 0.5) is 4.79 Å². The molecule has 1 aliphatic carbocycles. The first kappa shape index (κ1) is 16.9. The fraction of sp³-hybridized carbons (Fsp3) is 0.300. The standard InChI is InChI=1S/C20H19ClN2O3/c21-15-7-3-8-16(13-15)26-12-11-23-18(24)20(22-19(23)25)10-4-6-14-5-1-2-9-17(14)20/h1-3,5,7-9,13H,4,6,10-12H2,(H,22,25). The highest BCUT2D eigenvalue weighted by Crippen LogP contribution is 2.39. The van der Waals surface area contributed by atoms with E-state index in [1.165, 1.54) is 4.90 Å². The van der Waals surface area contributed by atoms with E-state index in [2.05, 4.69) is 5.32 Å². The summed E-state index contributed by atoms with van der Waals surface area (Å²) in [5.74, 6) is 0.423. The molecule has 2 aromatic carbocycles. The van der Waals surface area contributed by atoms with Gasteiger partial charge in [-0.3, -0.25) is 9.69 Å². The number of benzene rings is 2. The van der Waals surface area contributed by atoms with Crippen LogP contribution in [0.25, 0.3) is 0 Å². The van der Waals surface area contributed by atoms with Crippen LogP contribution in [0.3, 0.4) is 0 Å². The molecule has 1 aliphatic heterocycles. The number of nitrogens with zero attached hydrogens (tertiary/aromatic N) is 1. The topological polar surface area (TPSA) is 58.6 Å². The van der Waals surface area contributed by atoms with E-state index in [1.807, 2.05) is 24.3 Å². The molecule has 134 valence electrons. The third kappa shape index (κ3) is 2.82. The van der Waals surface area contributed by atoms with Crippen molar-refractivity contribution in [2.45, 2.75) is 24.8 Å². The zero-order valence-electron chi connectivity index (χ0n) is 14.2. The molecule has 1 heterocycles. The first-order chi connectivity index (χ1) is 12.6. The zero-order chi connectivity index (χ0) is 18.1. The lowest BCUT2D eigenvalue weighted by atomic mass is 9.76. The normalized spacial score (nSPS) is 21.7. The smallest absolute Gasteiger partial charge is 0.325 e. The van der Waals surface area contributed by atoms with Crippen LogP contribution in [0, 0.1) is 0 Å². The molecule has 5 nitrogen and oxygen atoms in total. The van der Waals surface area contributed by atoms with Crippen molar-refractivity contribution in [3.63, 3.8) is 0 Å². The molecule has 1 N–H and O–H groups in total. The molecule has 26 heavy (non-hydrogen) atoms. The fourth-order valence-electron chi connectivity index (χ4n) is 3.83. The van der Waals surface area contributed by atoms with Crippen LogP contribution in [0.15, 0.2) is 48.5 Å². The molecule has 4 rings (SSSR count). The van der Waals surface area contributed by atoms with Crippen molar-refractivity contribution in [3.05, 3.63) is 64.7 Å². The van der Waals surface area contributed by atoms with Crippen molar-refractivity contribution in [2.24, 2.45) is 0 Å². The second-order valence-electron chi connectivity index (χ2n) is 6.61. The Hall–Kier alpha value is -2.53. The SMILES string of the molecule is O=C1NC2(CCCc3ccccc32)C(=O)N1CCOc1cccc(Cl)c1. The summed E-state index contributed by atoms with van der Waals surface area (Å²) in [5.41, 5.74) is 1.12. The van der Waals surface area contributed by atoms with E-state index in [9.17, 15) is 9.59 Å². The number of carbonyl (C=O) groups is 2. The average molecular weight is 371 g/mol. The van der Waals surface area contributed by atoms with Crippen LogP contribution in [-0.4, -0.2) is 30.0 Å². The summed E-state index contributed by atoms with van der Waals surface area (Å²) in [6.07, 6.45) is 2.43. The Morgan fingerprint density at radius 1 is 1.15 bits per heavy atom. The number of fused-ring (bicyclic) bond motifs is 2. The third-order valence-electron chi connectivity index (χ3n) is 5.03. The number of rotatable bonds is 4. The fourth-order valence-corrected chi connectivity index (χ4v) is 4.01. The molecule has 1 spiro atoms. The van der Waals surface area contributed by atoms with Crippen molar-refractivity contribution in [1.82, 2.24) is 10.2 Å². The van der Waals surface area contributed by atoms with Gasteiger partial charge in [-0.2, -0.15) is 0 Å². The van der Waals surface area contributed by atoms with Crippen molar-refractivity contribution >= 4 is 23.5 Å². The van der Waals surface area contributed by atoms with Gasteiger partial charge in [-0.25, -0.2) is 4.79 Å². The van der Waals surface area contributed by atoms with Crippen LogP contribution in [0.1, 0.15) is 24.0 Å². The van der Waals surface area contributed by atoms with Crippen molar-refractivity contribution in [2.75, 3.05) is 13.2 Å². The van der Waals surface area contributed by atoms with E-state index in [1.54, 1.807) is 24.3 Å². The van der Waals surface area contributed by atoms with Gasteiger partial charge in [-0.15, -0.1) is 0 Å². The van der Waals surface area contributed by atoms with Gasteiger partial charge in [-0.1, -0.05) is 41.9 Å². The summed E-state index contributed by atoms with van der Waals surface area (Å²) in [4.78, 5) is 26.9. The first-order valence-electron chi connectivity index (χ1n) is 8.71. The number of urea groups is 1. The van der Waals surface area contributed by atoms with Crippen LogP contribution in [-0.2, 0) is 16.8 Å². The second-order valence-corrected chi connectivity index (χ2v) is 7.05. The van der Waals surface area contributed by atoms with Gasteiger partial charge in [0.05, 0.1) is 6.54 Å². The molecular formula is C20H19ClN2O3. The van der Waals surface area contributed by atoms with Crippen molar-refractivity contribution in [1.29, 1.82) is 0 Å². The van der Waals surface area contributed by atoms with E-state index in [4.69, 9.17) is 16.3 Å². The van der Waals surface area contributed by atoms with Gasteiger partial charge in [-0.05, 0) is 48.6 Å². The molecule has 0 radical (unpaired) electrons. The summed E-state index contributed by atoms with van der Waals surface area (Å²) in [5, 5.41) is 3.52. The maximum absolute atomic E-state index is 13.1. The summed E-state index contributed by atoms with van der Waals surface area (Å²) in [6, 6.07) is 14.5. The number of hydrogen-bond acceptors (Lipinski definition) is 3. The van der Waals surface area contributed by atoms with Gasteiger partial charge < -0.3 is 10.1 Å². The molecule has 0 aromatic heterocycles. The van der Waals surface area contributed by atoms with E-state index in [-0.39, 0.29) is 25.1 Å². The van der Waals surface area contributed by atoms with Gasteiger partial charge >= 0.3 is 6.03 Å². The average Bonchev–Trinajstić information content (AvgIpc) is 2.87. The maximum atomic E-state index is 13.1. The van der Waals surface area contributed by atoms with Gasteiger partial charge in [0, 0.05) is 5.02 Å². The Bertz CT molecular complexity index is 870. The molecule has 0 saturated carbocycles. The highest BCUT2D eigenvalue weighted by atomic mass is 35.5. The second kappa shape index (κ2) is 6.65. The van der Waals surface area contributed by atoms with Crippen LogP contribution in [0.2, 0.25) is 5.02 Å². The molecule has 1 atom stereocenters. The highest BCUT2D eigenvalue weighted by Gasteiger charge is 2.53. The number of aryl methyl sites for hydroxylation is 1. The number of imide groups is 1. The van der Waals surface area contributed by atoms with E-state index < -0.39 is 5.54 Å². The lowest BCUT2D eigenvalue weighted by Gasteiger charge is -2.33. The summed E-state index contributed by atoms with van der Waals surface area (Å²) in [7, 11) is 0. The first-order valence-corrected chi connectivity index (χ1v) is 9.09. The van der Waals surface area contributed by atoms with E-state index >= 15 is 0 Å². The zero-order valence-corrected chi connectivity index (χ0v) is 15.0. The Morgan fingerprint density at radius 3 is 2.85 bits per heavy atom. The molecule has 2 aliphatic rings.